The first kappa shape index (κ1) is 30.0. The SMILES string of the molecule is CCC(C)CCCOCCOCCOCN1CCCC(C)[C@H]1COCOCc1ccc(C)c(O)c1. The van der Waals surface area contributed by atoms with Gasteiger partial charge in [-0.2, -0.15) is 0 Å². The van der Waals surface area contributed by atoms with Crippen LogP contribution in [0, 0.1) is 18.8 Å². The van der Waals surface area contributed by atoms with Crippen LogP contribution in [0.4, 0.5) is 0 Å². The number of ether oxygens (including phenoxy) is 5. The van der Waals surface area contributed by atoms with Crippen molar-refractivity contribution in [3.05, 3.63) is 29.3 Å². The molecule has 0 bridgehead atoms. The number of aryl methyl sites for hydroxylation is 1. The van der Waals surface area contributed by atoms with Crippen LogP contribution in [0.2, 0.25) is 0 Å². The van der Waals surface area contributed by atoms with Gasteiger partial charge in [-0.1, -0.05) is 39.3 Å². The van der Waals surface area contributed by atoms with Gasteiger partial charge in [-0.15, -0.1) is 0 Å². The molecule has 1 saturated heterocycles. The van der Waals surface area contributed by atoms with Crippen molar-refractivity contribution >= 4 is 0 Å². The summed E-state index contributed by atoms with van der Waals surface area (Å²) < 4.78 is 28.7. The molecule has 7 nitrogen and oxygen atoms in total. The molecule has 1 aromatic rings. The summed E-state index contributed by atoms with van der Waals surface area (Å²) in [4.78, 5) is 2.37. The molecule has 1 aromatic carbocycles. The first-order valence-corrected chi connectivity index (χ1v) is 13.4. The largest absolute Gasteiger partial charge is 0.508 e. The molecule has 2 rings (SSSR count). The summed E-state index contributed by atoms with van der Waals surface area (Å²) in [5.74, 6) is 1.63. The van der Waals surface area contributed by atoms with Crippen LogP contribution in [0.5, 0.6) is 5.75 Å². The van der Waals surface area contributed by atoms with Crippen LogP contribution in [0.3, 0.4) is 0 Å². The predicted molar refractivity (Wildman–Crippen MR) is 138 cm³/mol. The zero-order valence-electron chi connectivity index (χ0n) is 22.5. The van der Waals surface area contributed by atoms with Crippen LogP contribution in [-0.4, -0.2) is 75.8 Å². The van der Waals surface area contributed by atoms with E-state index in [0.717, 1.165) is 36.6 Å². The molecule has 1 aliphatic rings. The highest BCUT2D eigenvalue weighted by molar-refractivity contribution is 5.34. The molecule has 0 radical (unpaired) electrons. The summed E-state index contributed by atoms with van der Waals surface area (Å²) in [6.07, 6.45) is 5.98. The van der Waals surface area contributed by atoms with Crippen LogP contribution in [-0.2, 0) is 30.3 Å². The van der Waals surface area contributed by atoms with Crippen molar-refractivity contribution in [2.45, 2.75) is 72.4 Å². The topological polar surface area (TPSA) is 69.6 Å². The molecule has 0 saturated carbocycles. The molecule has 202 valence electrons. The van der Waals surface area contributed by atoms with Gasteiger partial charge in [0, 0.05) is 19.2 Å². The van der Waals surface area contributed by atoms with E-state index < -0.39 is 0 Å². The summed E-state index contributed by atoms with van der Waals surface area (Å²) in [5.41, 5.74) is 1.80. The third-order valence-corrected chi connectivity index (χ3v) is 6.91. The summed E-state index contributed by atoms with van der Waals surface area (Å²) in [7, 11) is 0. The van der Waals surface area contributed by atoms with Gasteiger partial charge in [-0.3, -0.25) is 4.90 Å². The van der Waals surface area contributed by atoms with E-state index in [1.165, 1.54) is 25.7 Å². The maximum absolute atomic E-state index is 9.81. The van der Waals surface area contributed by atoms with E-state index in [1.807, 2.05) is 19.1 Å². The number of nitrogens with zero attached hydrogens (tertiary/aromatic N) is 1. The number of phenolic OH excluding ortho intramolecular Hbond substituents is 1. The third-order valence-electron chi connectivity index (χ3n) is 6.91. The summed E-state index contributed by atoms with van der Waals surface area (Å²) in [6.45, 7) is 14.8. The molecular formula is C28H49NO6. The fraction of sp³-hybridized carbons (Fsp3) is 0.786. The van der Waals surface area contributed by atoms with Crippen molar-refractivity contribution in [3.63, 3.8) is 0 Å². The Bertz CT molecular complexity index is 673. The molecular weight excluding hydrogens is 446 g/mol. The minimum atomic E-state index is 0.236. The molecule has 3 atom stereocenters. The smallest absolute Gasteiger partial charge is 0.147 e. The third kappa shape index (κ3) is 12.5. The van der Waals surface area contributed by atoms with Crippen molar-refractivity contribution < 1.29 is 28.8 Å². The van der Waals surface area contributed by atoms with Crippen molar-refractivity contribution in [3.8, 4) is 5.75 Å². The Labute approximate surface area is 213 Å². The lowest BCUT2D eigenvalue weighted by Crippen LogP contribution is -2.48. The Morgan fingerprint density at radius 1 is 1.03 bits per heavy atom. The molecule has 35 heavy (non-hydrogen) atoms. The maximum atomic E-state index is 9.81. The van der Waals surface area contributed by atoms with E-state index in [2.05, 4.69) is 25.7 Å². The Hall–Kier alpha value is -1.22. The van der Waals surface area contributed by atoms with E-state index in [-0.39, 0.29) is 6.79 Å². The number of aromatic hydroxyl groups is 1. The van der Waals surface area contributed by atoms with Gasteiger partial charge in [-0.05, 0) is 61.6 Å². The second-order valence-electron chi connectivity index (χ2n) is 9.87. The lowest BCUT2D eigenvalue weighted by molar-refractivity contribution is -0.106. The number of hydrogen-bond acceptors (Lipinski definition) is 7. The van der Waals surface area contributed by atoms with Gasteiger partial charge in [0.25, 0.3) is 0 Å². The minimum Gasteiger partial charge on any atom is -0.508 e. The number of hydrogen-bond donors (Lipinski definition) is 1. The Morgan fingerprint density at radius 2 is 1.77 bits per heavy atom. The van der Waals surface area contributed by atoms with Crippen LogP contribution in [0.15, 0.2) is 18.2 Å². The average Bonchev–Trinajstić information content (AvgIpc) is 2.85. The fourth-order valence-electron chi connectivity index (χ4n) is 4.26. The van der Waals surface area contributed by atoms with Crippen LogP contribution in [0.1, 0.15) is 64.0 Å². The quantitative estimate of drug-likeness (QED) is 0.211. The van der Waals surface area contributed by atoms with E-state index in [9.17, 15) is 5.11 Å². The van der Waals surface area contributed by atoms with Crippen molar-refractivity contribution in [1.82, 2.24) is 4.90 Å². The number of likely N-dealkylation sites (tertiary alicyclic amines) is 1. The zero-order chi connectivity index (χ0) is 25.3. The van der Waals surface area contributed by atoms with Crippen molar-refractivity contribution in [2.75, 3.05) is 59.7 Å². The van der Waals surface area contributed by atoms with E-state index in [1.54, 1.807) is 6.07 Å². The summed E-state index contributed by atoms with van der Waals surface area (Å²) in [6, 6.07) is 5.91. The molecule has 2 unspecified atom stereocenters. The van der Waals surface area contributed by atoms with E-state index in [0.29, 0.717) is 64.1 Å². The highest BCUT2D eigenvalue weighted by atomic mass is 16.7. The fourth-order valence-corrected chi connectivity index (χ4v) is 4.26. The molecule has 1 aliphatic heterocycles. The maximum Gasteiger partial charge on any atom is 0.147 e. The Kier molecular flexibility index (Phi) is 15.5. The Morgan fingerprint density at radius 3 is 2.51 bits per heavy atom. The standard InChI is InChI=1S/C28H49NO6/c1-5-23(2)8-7-13-31-14-15-32-16-17-33-21-29-12-6-9-24(3)27(29)20-35-22-34-19-26-11-10-25(4)28(30)18-26/h10-11,18,23-24,27,30H,5-9,12-17,19-22H2,1-4H3/t23?,24?,27-/m1/s1. The van der Waals surface area contributed by atoms with Crippen molar-refractivity contribution in [2.24, 2.45) is 11.8 Å². The number of rotatable bonds is 19. The summed E-state index contributed by atoms with van der Waals surface area (Å²) in [5, 5.41) is 9.81. The molecule has 1 heterocycles. The summed E-state index contributed by atoms with van der Waals surface area (Å²) >= 11 is 0. The molecule has 1 N–H and O–H groups in total. The van der Waals surface area contributed by atoms with Gasteiger partial charge in [-0.25, -0.2) is 0 Å². The van der Waals surface area contributed by atoms with Gasteiger partial charge in [0.2, 0.25) is 0 Å². The van der Waals surface area contributed by atoms with Crippen LogP contribution >= 0.6 is 0 Å². The van der Waals surface area contributed by atoms with Gasteiger partial charge in [0.15, 0.2) is 0 Å². The van der Waals surface area contributed by atoms with Gasteiger partial charge < -0.3 is 28.8 Å². The van der Waals surface area contributed by atoms with Gasteiger partial charge >= 0.3 is 0 Å². The average molecular weight is 496 g/mol. The van der Waals surface area contributed by atoms with Gasteiger partial charge in [0.1, 0.15) is 12.5 Å². The van der Waals surface area contributed by atoms with Crippen LogP contribution in [0.25, 0.3) is 0 Å². The molecule has 0 spiro atoms. The predicted octanol–water partition coefficient (Wildman–Crippen LogP) is 5.13. The van der Waals surface area contributed by atoms with E-state index >= 15 is 0 Å². The highest BCUT2D eigenvalue weighted by Gasteiger charge is 2.28. The normalized spacial score (nSPS) is 19.8. The zero-order valence-corrected chi connectivity index (χ0v) is 22.5. The Balaban J connectivity index is 1.51. The molecule has 7 heteroatoms. The number of benzene rings is 1. The lowest BCUT2D eigenvalue weighted by Gasteiger charge is -2.39. The molecule has 0 aromatic heterocycles. The molecule has 0 aliphatic carbocycles. The lowest BCUT2D eigenvalue weighted by atomic mass is 9.92. The highest BCUT2D eigenvalue weighted by Crippen LogP contribution is 2.23. The first-order chi connectivity index (χ1) is 17.0. The number of piperidine rings is 1. The molecule has 1 fully saturated rings. The molecule has 0 amide bonds. The monoisotopic (exact) mass is 495 g/mol. The second-order valence-corrected chi connectivity index (χ2v) is 9.87. The van der Waals surface area contributed by atoms with Gasteiger partial charge in [0.05, 0.1) is 46.4 Å². The first-order valence-electron chi connectivity index (χ1n) is 13.4. The number of phenols is 1. The second kappa shape index (κ2) is 18.1. The van der Waals surface area contributed by atoms with Crippen molar-refractivity contribution in [1.29, 1.82) is 0 Å². The van der Waals surface area contributed by atoms with E-state index in [4.69, 9.17) is 23.7 Å². The minimum absolute atomic E-state index is 0.236. The van der Waals surface area contributed by atoms with Crippen LogP contribution < -0.4 is 0 Å².